The molecule has 0 radical (unpaired) electrons. The molecule has 0 spiro atoms. The monoisotopic (exact) mass is 506 g/mol. The SMILES string of the molecule is COCCN1CC[C@H](Nc2nc(OC)c3c(-c4ccc(N=N)c(NCC(F)F)c4)ccn3n2)[C@H](F)C1. The Bertz CT molecular complexity index is 1190. The van der Waals surface area contributed by atoms with E-state index in [0.717, 1.165) is 6.54 Å². The minimum absolute atomic E-state index is 0.238. The number of anilines is 2. The standard InChI is InChI=1S/C23H29F3N8O2/c1-35-10-9-33-7-6-17(16(24)13-33)29-23-30-22(36-2)21-15(5-8-34(21)32-23)14-3-4-18(31-27)19(11-14)28-12-20(25)26/h3-5,8,11,16-17,20,27-28H,6-7,9-10,12-13H2,1-2H3,(H,29,32)/t16-,17+/m1/s1. The summed E-state index contributed by atoms with van der Waals surface area (Å²) in [7, 11) is 3.10. The van der Waals surface area contributed by atoms with Crippen LogP contribution in [0.25, 0.3) is 16.6 Å². The van der Waals surface area contributed by atoms with Gasteiger partial charge in [-0.3, -0.25) is 4.90 Å². The number of rotatable bonds is 11. The number of piperidine rings is 1. The highest BCUT2D eigenvalue weighted by molar-refractivity contribution is 5.87. The maximum absolute atomic E-state index is 14.8. The molecule has 0 unspecified atom stereocenters. The zero-order valence-corrected chi connectivity index (χ0v) is 20.0. The number of nitrogens with zero attached hydrogens (tertiary/aromatic N) is 5. The summed E-state index contributed by atoms with van der Waals surface area (Å²) < 4.78 is 52.5. The third-order valence-electron chi connectivity index (χ3n) is 6.10. The molecule has 2 aromatic heterocycles. The van der Waals surface area contributed by atoms with Crippen LogP contribution in [0, 0.1) is 5.53 Å². The van der Waals surface area contributed by atoms with Crippen LogP contribution in [0.5, 0.6) is 5.88 Å². The second-order valence-corrected chi connectivity index (χ2v) is 8.43. The van der Waals surface area contributed by atoms with Crippen molar-refractivity contribution in [1.29, 1.82) is 5.53 Å². The van der Waals surface area contributed by atoms with Crippen molar-refractivity contribution in [2.24, 2.45) is 5.11 Å². The lowest BCUT2D eigenvalue weighted by atomic mass is 10.0. The van der Waals surface area contributed by atoms with Gasteiger partial charge in [-0.25, -0.2) is 23.2 Å². The second kappa shape index (κ2) is 11.5. The Morgan fingerprint density at radius 1 is 1.28 bits per heavy atom. The van der Waals surface area contributed by atoms with Crippen molar-refractivity contribution in [3.63, 3.8) is 0 Å². The van der Waals surface area contributed by atoms with E-state index in [1.54, 1.807) is 42.1 Å². The molecular weight excluding hydrogens is 477 g/mol. The van der Waals surface area contributed by atoms with Gasteiger partial charge in [-0.1, -0.05) is 6.07 Å². The van der Waals surface area contributed by atoms with Crippen molar-refractivity contribution in [3.8, 4) is 17.0 Å². The van der Waals surface area contributed by atoms with Gasteiger partial charge in [0, 0.05) is 38.5 Å². The zero-order valence-electron chi connectivity index (χ0n) is 20.0. The molecule has 0 amide bonds. The molecule has 13 heteroatoms. The normalized spacial score (nSPS) is 18.5. The fourth-order valence-corrected chi connectivity index (χ4v) is 4.28. The van der Waals surface area contributed by atoms with Gasteiger partial charge in [-0.05, 0) is 30.2 Å². The number of nitrogens with one attached hydrogen (secondary N) is 3. The van der Waals surface area contributed by atoms with Gasteiger partial charge in [0.1, 0.15) is 17.4 Å². The highest BCUT2D eigenvalue weighted by Gasteiger charge is 2.30. The molecule has 3 heterocycles. The van der Waals surface area contributed by atoms with E-state index in [9.17, 15) is 13.2 Å². The van der Waals surface area contributed by atoms with Crippen LogP contribution in [0.3, 0.4) is 0 Å². The van der Waals surface area contributed by atoms with Crippen LogP contribution < -0.4 is 15.4 Å². The lowest BCUT2D eigenvalue weighted by Gasteiger charge is -2.34. The number of aromatic nitrogens is 3. The number of halogens is 3. The van der Waals surface area contributed by atoms with Crippen LogP contribution in [0.15, 0.2) is 35.6 Å². The lowest BCUT2D eigenvalue weighted by Crippen LogP contribution is -2.48. The number of hydrogen-bond acceptors (Lipinski definition) is 9. The van der Waals surface area contributed by atoms with Crippen LogP contribution in [-0.2, 0) is 4.74 Å². The third kappa shape index (κ3) is 5.68. The molecule has 1 aliphatic rings. The Morgan fingerprint density at radius 3 is 2.81 bits per heavy atom. The van der Waals surface area contributed by atoms with Crippen molar-refractivity contribution in [3.05, 3.63) is 30.5 Å². The van der Waals surface area contributed by atoms with Gasteiger partial charge >= 0.3 is 0 Å². The molecule has 1 saturated heterocycles. The molecule has 0 aliphatic carbocycles. The van der Waals surface area contributed by atoms with E-state index in [1.807, 2.05) is 4.90 Å². The summed E-state index contributed by atoms with van der Waals surface area (Å²) >= 11 is 0. The predicted molar refractivity (Wildman–Crippen MR) is 130 cm³/mol. The van der Waals surface area contributed by atoms with Crippen molar-refractivity contribution in [2.75, 3.05) is 57.6 Å². The summed E-state index contributed by atoms with van der Waals surface area (Å²) in [4.78, 5) is 6.49. The van der Waals surface area contributed by atoms with E-state index in [4.69, 9.17) is 15.0 Å². The largest absolute Gasteiger partial charge is 0.479 e. The molecule has 2 atom stereocenters. The minimum Gasteiger partial charge on any atom is -0.479 e. The number of methoxy groups -OCH3 is 2. The molecule has 3 N–H and O–H groups in total. The van der Waals surface area contributed by atoms with Gasteiger partial charge < -0.3 is 20.1 Å². The maximum atomic E-state index is 14.8. The van der Waals surface area contributed by atoms with Gasteiger partial charge in [0.05, 0.1) is 32.0 Å². The highest BCUT2D eigenvalue weighted by atomic mass is 19.3. The number of likely N-dealkylation sites (tertiary alicyclic amines) is 1. The summed E-state index contributed by atoms with van der Waals surface area (Å²) in [6, 6.07) is 6.30. The Balaban J connectivity index is 1.58. The van der Waals surface area contributed by atoms with E-state index in [1.165, 1.54) is 7.11 Å². The molecular formula is C23H29F3N8O2. The Labute approximate surface area is 206 Å². The van der Waals surface area contributed by atoms with Crippen molar-refractivity contribution >= 4 is 22.8 Å². The highest BCUT2D eigenvalue weighted by Crippen LogP contribution is 2.36. The van der Waals surface area contributed by atoms with Crippen LogP contribution in [-0.4, -0.2) is 85.1 Å². The molecule has 4 rings (SSSR count). The topological polar surface area (TPSA) is 112 Å². The summed E-state index contributed by atoms with van der Waals surface area (Å²) in [6.45, 7) is 1.71. The first kappa shape index (κ1) is 25.6. The summed E-state index contributed by atoms with van der Waals surface area (Å²) in [5, 5.41) is 13.6. The van der Waals surface area contributed by atoms with Gasteiger partial charge in [-0.15, -0.1) is 5.10 Å². The third-order valence-corrected chi connectivity index (χ3v) is 6.10. The molecule has 10 nitrogen and oxygen atoms in total. The van der Waals surface area contributed by atoms with Crippen molar-refractivity contribution < 1.29 is 22.6 Å². The molecule has 1 fully saturated rings. The number of fused-ring (bicyclic) bond motifs is 1. The first-order chi connectivity index (χ1) is 17.4. The fourth-order valence-electron chi connectivity index (χ4n) is 4.28. The summed E-state index contributed by atoms with van der Waals surface area (Å²) in [5.41, 5.74) is 9.80. The van der Waals surface area contributed by atoms with Crippen LogP contribution in [0.4, 0.5) is 30.5 Å². The Hall–Kier alpha value is -3.45. The smallest absolute Gasteiger partial charge is 0.255 e. The minimum atomic E-state index is -2.55. The number of hydrogen-bond donors (Lipinski definition) is 3. The zero-order chi connectivity index (χ0) is 25.7. The van der Waals surface area contributed by atoms with E-state index >= 15 is 0 Å². The average molecular weight is 507 g/mol. The first-order valence-corrected chi connectivity index (χ1v) is 11.5. The van der Waals surface area contributed by atoms with Crippen LogP contribution in [0.2, 0.25) is 0 Å². The number of ether oxygens (including phenoxy) is 2. The summed E-state index contributed by atoms with van der Waals surface area (Å²) in [5.74, 6) is 0.513. The first-order valence-electron chi connectivity index (χ1n) is 11.5. The quantitative estimate of drug-likeness (QED) is 0.334. The molecule has 194 valence electrons. The molecule has 1 aliphatic heterocycles. The van der Waals surface area contributed by atoms with Crippen molar-refractivity contribution in [2.45, 2.75) is 25.1 Å². The molecule has 0 bridgehead atoms. The van der Waals surface area contributed by atoms with Crippen LogP contribution >= 0.6 is 0 Å². The number of alkyl halides is 3. The Morgan fingerprint density at radius 2 is 2.11 bits per heavy atom. The maximum Gasteiger partial charge on any atom is 0.255 e. The molecule has 0 saturated carbocycles. The van der Waals surface area contributed by atoms with E-state index in [0.29, 0.717) is 48.4 Å². The average Bonchev–Trinajstić information content (AvgIpc) is 3.31. The number of benzene rings is 1. The van der Waals surface area contributed by atoms with E-state index < -0.39 is 25.2 Å². The Kier molecular flexibility index (Phi) is 8.21. The second-order valence-electron chi connectivity index (χ2n) is 8.43. The van der Waals surface area contributed by atoms with Crippen molar-refractivity contribution in [1.82, 2.24) is 19.5 Å². The summed E-state index contributed by atoms with van der Waals surface area (Å²) in [6.07, 6.45) is -1.34. The predicted octanol–water partition coefficient (Wildman–Crippen LogP) is 4.22. The fraction of sp³-hybridized carbons (Fsp3) is 0.478. The molecule has 1 aromatic carbocycles. The van der Waals surface area contributed by atoms with E-state index in [2.05, 4.69) is 25.8 Å². The van der Waals surface area contributed by atoms with Gasteiger partial charge in [-0.2, -0.15) is 10.1 Å². The van der Waals surface area contributed by atoms with E-state index in [-0.39, 0.29) is 17.5 Å². The van der Waals surface area contributed by atoms with Crippen LogP contribution in [0.1, 0.15) is 6.42 Å². The molecule has 36 heavy (non-hydrogen) atoms. The van der Waals surface area contributed by atoms with Gasteiger partial charge in [0.15, 0.2) is 0 Å². The lowest BCUT2D eigenvalue weighted by molar-refractivity contribution is 0.0918. The van der Waals surface area contributed by atoms with Gasteiger partial charge in [0.25, 0.3) is 6.43 Å². The molecule has 3 aromatic rings. The van der Waals surface area contributed by atoms with Gasteiger partial charge in [0.2, 0.25) is 11.8 Å².